The van der Waals surface area contributed by atoms with E-state index in [4.69, 9.17) is 18.5 Å². The summed E-state index contributed by atoms with van der Waals surface area (Å²) in [4.78, 5) is 35.7. The summed E-state index contributed by atoms with van der Waals surface area (Å²) >= 11 is 0. The summed E-state index contributed by atoms with van der Waals surface area (Å²) in [6.07, 6.45) is 26.2. The van der Waals surface area contributed by atoms with E-state index in [1.807, 2.05) is 0 Å². The fraction of sp³-hybridized carbons (Fsp3) is 0.822. The molecule has 0 aromatic rings. The highest BCUT2D eigenvalue weighted by molar-refractivity contribution is 7.47. The Hall–Kier alpha value is -1.93. The summed E-state index contributed by atoms with van der Waals surface area (Å²) in [5, 5.41) is 50.1. The van der Waals surface area contributed by atoms with Gasteiger partial charge in [-0.05, 0) is 70.6 Å². The fourth-order valence-electron chi connectivity index (χ4n) is 6.72. The predicted octanol–water partition coefficient (Wildman–Crippen LogP) is 8.61. The molecule has 1 aliphatic carbocycles. The van der Waals surface area contributed by atoms with Crippen LogP contribution in [0.3, 0.4) is 0 Å². The van der Waals surface area contributed by atoms with Gasteiger partial charge >= 0.3 is 19.8 Å². The zero-order chi connectivity index (χ0) is 43.6. The molecule has 0 saturated heterocycles. The normalized spacial score (nSPS) is 22.6. The number of carbonyl (C=O) groups excluding carboxylic acids is 2. The van der Waals surface area contributed by atoms with E-state index >= 15 is 0 Å². The van der Waals surface area contributed by atoms with Crippen molar-refractivity contribution in [2.24, 2.45) is 0 Å². The largest absolute Gasteiger partial charge is 0.472 e. The summed E-state index contributed by atoms with van der Waals surface area (Å²) < 4.78 is 33.5. The Balaban J connectivity index is 2.48. The van der Waals surface area contributed by atoms with Gasteiger partial charge in [0.15, 0.2) is 6.10 Å². The number of carbonyl (C=O) groups is 2. The van der Waals surface area contributed by atoms with Crippen molar-refractivity contribution in [2.75, 3.05) is 13.2 Å². The second-order valence-corrected chi connectivity index (χ2v) is 17.3. The molecule has 0 radical (unpaired) electrons. The Morgan fingerprint density at radius 3 is 1.42 bits per heavy atom. The van der Waals surface area contributed by atoms with Crippen LogP contribution in [0.5, 0.6) is 0 Å². The standard InChI is InChI=1S/C45H81O13P/c1-3-5-7-9-11-13-15-17-19-21-23-25-27-29-31-33-38(46)55-35-37(36-56-59(53,54)58-45-43(51)41(49)40(48)42(50)44(45)52)57-39(47)34-32-30-28-26-24-22-20-18-16-14-12-10-8-6-4-2/h12-15,18,20,37,40-45,48-52H,3-11,16-17,19,21-36H2,1-2H3,(H,53,54)/t37-,40?,41-,42?,43?,44?,45?/m1/s1. The van der Waals surface area contributed by atoms with Crippen LogP contribution in [0.4, 0.5) is 0 Å². The van der Waals surface area contributed by atoms with E-state index in [1.165, 1.54) is 64.2 Å². The lowest BCUT2D eigenvalue weighted by Gasteiger charge is -2.41. The maximum absolute atomic E-state index is 12.8. The summed E-state index contributed by atoms with van der Waals surface area (Å²) in [5.74, 6) is -1.12. The van der Waals surface area contributed by atoms with Crippen LogP contribution in [0.15, 0.2) is 36.5 Å². The van der Waals surface area contributed by atoms with E-state index < -0.39 is 75.7 Å². The number of unbranched alkanes of at least 4 members (excludes halogenated alkanes) is 19. The molecule has 14 heteroatoms. The molecular weight excluding hydrogens is 779 g/mol. The quantitative estimate of drug-likeness (QED) is 0.0150. The molecule has 0 heterocycles. The van der Waals surface area contributed by atoms with Crippen molar-refractivity contribution in [3.05, 3.63) is 36.5 Å². The highest BCUT2D eigenvalue weighted by Crippen LogP contribution is 2.47. The molecule has 6 unspecified atom stereocenters. The lowest BCUT2D eigenvalue weighted by atomic mass is 9.85. The number of allylic oxidation sites excluding steroid dienone is 6. The minimum Gasteiger partial charge on any atom is -0.462 e. The van der Waals surface area contributed by atoms with Crippen LogP contribution in [-0.4, -0.2) is 98.3 Å². The van der Waals surface area contributed by atoms with Gasteiger partial charge in [0.2, 0.25) is 0 Å². The molecule has 0 amide bonds. The van der Waals surface area contributed by atoms with Crippen LogP contribution >= 0.6 is 7.82 Å². The van der Waals surface area contributed by atoms with Gasteiger partial charge in [0.05, 0.1) is 6.61 Å². The Morgan fingerprint density at radius 2 is 0.915 bits per heavy atom. The third-order valence-corrected chi connectivity index (χ3v) is 11.4. The molecule has 6 N–H and O–H groups in total. The van der Waals surface area contributed by atoms with Crippen LogP contribution in [0.25, 0.3) is 0 Å². The van der Waals surface area contributed by atoms with Crippen molar-refractivity contribution in [2.45, 2.75) is 224 Å². The van der Waals surface area contributed by atoms with Crippen molar-refractivity contribution in [3.63, 3.8) is 0 Å². The smallest absolute Gasteiger partial charge is 0.462 e. The summed E-state index contributed by atoms with van der Waals surface area (Å²) in [5.41, 5.74) is 0. The Labute approximate surface area is 355 Å². The third kappa shape index (κ3) is 28.3. The highest BCUT2D eigenvalue weighted by Gasteiger charge is 2.51. The molecule has 13 nitrogen and oxygen atoms in total. The van der Waals surface area contributed by atoms with Gasteiger partial charge < -0.3 is 39.9 Å². The lowest BCUT2D eigenvalue weighted by Crippen LogP contribution is -2.64. The number of rotatable bonds is 37. The molecule has 59 heavy (non-hydrogen) atoms. The molecule has 1 aliphatic rings. The predicted molar refractivity (Wildman–Crippen MR) is 230 cm³/mol. The van der Waals surface area contributed by atoms with E-state index in [1.54, 1.807) is 0 Å². The van der Waals surface area contributed by atoms with Gasteiger partial charge in [0, 0.05) is 12.8 Å². The molecule has 0 bridgehead atoms. The molecule has 1 fully saturated rings. The van der Waals surface area contributed by atoms with Gasteiger partial charge in [-0.2, -0.15) is 0 Å². The van der Waals surface area contributed by atoms with Crippen LogP contribution in [0, 0.1) is 0 Å². The first-order valence-electron chi connectivity index (χ1n) is 22.8. The van der Waals surface area contributed by atoms with Crippen LogP contribution in [0.2, 0.25) is 0 Å². The van der Waals surface area contributed by atoms with Crippen molar-refractivity contribution in [1.82, 2.24) is 0 Å². The maximum atomic E-state index is 12.8. The first-order valence-corrected chi connectivity index (χ1v) is 24.3. The fourth-order valence-corrected chi connectivity index (χ4v) is 7.70. The second-order valence-electron chi connectivity index (χ2n) is 15.9. The number of phosphoric ester groups is 1. The molecule has 1 rings (SSSR count). The number of hydrogen-bond acceptors (Lipinski definition) is 12. The van der Waals surface area contributed by atoms with Crippen LogP contribution in [0.1, 0.15) is 181 Å². The number of phosphoric acid groups is 1. The van der Waals surface area contributed by atoms with Gasteiger partial charge in [-0.15, -0.1) is 0 Å². The molecular formula is C45H81O13P. The SMILES string of the molecule is CCCCCC=CCC=CCCCCCCCC(=O)O[C@H](COC(=O)CCCCCCCCCC=CCCCCCC)COP(=O)(O)OC1C(O)C(O)C(O)[C@@H](O)C1O. The number of aliphatic hydroxyl groups excluding tert-OH is 5. The number of hydrogen-bond donors (Lipinski definition) is 6. The topological polar surface area (TPSA) is 210 Å². The van der Waals surface area contributed by atoms with Crippen molar-refractivity contribution >= 4 is 19.8 Å². The number of esters is 2. The number of aliphatic hydroxyl groups is 5. The summed E-state index contributed by atoms with van der Waals surface area (Å²) in [7, 11) is -5.12. The van der Waals surface area contributed by atoms with Crippen LogP contribution < -0.4 is 0 Å². The average molecular weight is 861 g/mol. The molecule has 0 aromatic heterocycles. The molecule has 344 valence electrons. The molecule has 0 aromatic carbocycles. The van der Waals surface area contributed by atoms with Gasteiger partial charge in [0.25, 0.3) is 0 Å². The van der Waals surface area contributed by atoms with Gasteiger partial charge in [-0.25, -0.2) is 4.57 Å². The van der Waals surface area contributed by atoms with Gasteiger partial charge in [0.1, 0.15) is 43.2 Å². The highest BCUT2D eigenvalue weighted by atomic mass is 31.2. The van der Waals surface area contributed by atoms with E-state index in [2.05, 4.69) is 50.3 Å². The zero-order valence-electron chi connectivity index (χ0n) is 36.3. The van der Waals surface area contributed by atoms with Gasteiger partial charge in [-0.3, -0.25) is 18.6 Å². The van der Waals surface area contributed by atoms with Gasteiger partial charge in [-0.1, -0.05) is 134 Å². The maximum Gasteiger partial charge on any atom is 0.472 e. The first kappa shape index (κ1) is 55.1. The van der Waals surface area contributed by atoms with E-state index in [0.29, 0.717) is 12.8 Å². The summed E-state index contributed by atoms with van der Waals surface area (Å²) in [6.45, 7) is 3.24. The molecule has 0 aliphatic heterocycles. The molecule has 1 saturated carbocycles. The Bertz CT molecular complexity index is 1180. The molecule has 8 atom stereocenters. The first-order chi connectivity index (χ1) is 28.4. The Morgan fingerprint density at radius 1 is 0.525 bits per heavy atom. The van der Waals surface area contributed by atoms with Crippen LogP contribution in [-0.2, 0) is 32.7 Å². The minimum atomic E-state index is -5.12. The van der Waals surface area contributed by atoms with E-state index in [-0.39, 0.29) is 12.8 Å². The Kier molecular flexibility index (Phi) is 33.3. The van der Waals surface area contributed by atoms with Crippen molar-refractivity contribution < 1.29 is 63.1 Å². The third-order valence-electron chi connectivity index (χ3n) is 10.5. The van der Waals surface area contributed by atoms with Crippen molar-refractivity contribution in [1.29, 1.82) is 0 Å². The lowest BCUT2D eigenvalue weighted by molar-refractivity contribution is -0.220. The van der Waals surface area contributed by atoms with E-state index in [0.717, 1.165) is 77.0 Å². The zero-order valence-corrected chi connectivity index (χ0v) is 37.2. The number of ether oxygens (including phenoxy) is 2. The van der Waals surface area contributed by atoms with E-state index in [9.17, 15) is 44.6 Å². The molecule has 0 spiro atoms. The monoisotopic (exact) mass is 861 g/mol. The minimum absolute atomic E-state index is 0.0800. The second kappa shape index (κ2) is 35.6. The van der Waals surface area contributed by atoms with Crippen molar-refractivity contribution in [3.8, 4) is 0 Å². The summed E-state index contributed by atoms with van der Waals surface area (Å²) in [6, 6.07) is 0. The average Bonchev–Trinajstić information content (AvgIpc) is 3.21.